The van der Waals surface area contributed by atoms with E-state index in [0.29, 0.717) is 13.0 Å². The molecule has 0 spiro atoms. The summed E-state index contributed by atoms with van der Waals surface area (Å²) in [6.07, 6.45) is 2.90. The molecule has 0 saturated heterocycles. The second-order valence-electron chi connectivity index (χ2n) is 4.33. The summed E-state index contributed by atoms with van der Waals surface area (Å²) < 4.78 is 15.6. The number of nitrogens with one attached hydrogen (secondary N) is 1. The molecule has 0 aliphatic carbocycles. The zero-order valence-electron chi connectivity index (χ0n) is 11.5. The first-order valence-electron chi connectivity index (χ1n) is 6.28. The molecule has 1 N–H and O–H groups in total. The van der Waals surface area contributed by atoms with Gasteiger partial charge in [-0.1, -0.05) is 24.3 Å². The summed E-state index contributed by atoms with van der Waals surface area (Å²) in [6, 6.07) is 7.82. The Kier molecular flexibility index (Phi) is 7.36. The number of benzene rings is 1. The molecule has 0 heterocycles. The Labute approximate surface area is 117 Å². The van der Waals surface area contributed by atoms with Gasteiger partial charge in [0.2, 0.25) is 0 Å². The minimum Gasteiger partial charge on any atom is -0.469 e. The second kappa shape index (κ2) is 8.82. The highest BCUT2D eigenvalue weighted by atomic mass is 32.2. The molecule has 19 heavy (non-hydrogen) atoms. The highest BCUT2D eigenvalue weighted by Gasteiger charge is 2.07. The fourth-order valence-corrected chi connectivity index (χ4v) is 2.30. The van der Waals surface area contributed by atoms with Gasteiger partial charge >= 0.3 is 5.97 Å². The number of esters is 1. The smallest absolute Gasteiger partial charge is 0.309 e. The largest absolute Gasteiger partial charge is 0.469 e. The topological polar surface area (TPSA) is 55.4 Å². The SMILES string of the molecule is COC(=O)Cc1ccccc1CNCCCS(C)=O. The summed E-state index contributed by atoms with van der Waals surface area (Å²) in [6.45, 7) is 1.54. The van der Waals surface area contributed by atoms with Crippen LogP contribution < -0.4 is 5.32 Å². The molecular weight excluding hydrogens is 262 g/mol. The zero-order valence-corrected chi connectivity index (χ0v) is 12.3. The van der Waals surface area contributed by atoms with Gasteiger partial charge in [-0.15, -0.1) is 0 Å². The van der Waals surface area contributed by atoms with Crippen molar-refractivity contribution in [3.63, 3.8) is 0 Å². The summed E-state index contributed by atoms with van der Waals surface area (Å²) in [4.78, 5) is 11.3. The second-order valence-corrected chi connectivity index (χ2v) is 5.88. The third-order valence-electron chi connectivity index (χ3n) is 2.78. The Morgan fingerprint density at radius 3 is 2.63 bits per heavy atom. The number of hydrogen-bond acceptors (Lipinski definition) is 4. The van der Waals surface area contributed by atoms with Crippen LogP contribution in [0.25, 0.3) is 0 Å². The van der Waals surface area contributed by atoms with Gasteiger partial charge in [0.25, 0.3) is 0 Å². The van der Waals surface area contributed by atoms with Crippen LogP contribution in [0.5, 0.6) is 0 Å². The van der Waals surface area contributed by atoms with Gasteiger partial charge in [0.1, 0.15) is 0 Å². The molecular formula is C14H21NO3S. The summed E-state index contributed by atoms with van der Waals surface area (Å²) in [7, 11) is 0.669. The molecule has 0 fully saturated rings. The number of carbonyl (C=O) groups excluding carboxylic acids is 1. The Bertz CT molecular complexity index is 434. The van der Waals surface area contributed by atoms with Crippen molar-refractivity contribution in [2.24, 2.45) is 0 Å². The maximum Gasteiger partial charge on any atom is 0.309 e. The van der Waals surface area contributed by atoms with E-state index >= 15 is 0 Å². The average molecular weight is 283 g/mol. The van der Waals surface area contributed by atoms with E-state index in [1.54, 1.807) is 6.26 Å². The predicted octanol–water partition coefficient (Wildman–Crippen LogP) is 1.26. The average Bonchev–Trinajstić information content (AvgIpc) is 2.39. The maximum absolute atomic E-state index is 11.3. The minimum atomic E-state index is -0.728. The maximum atomic E-state index is 11.3. The standard InChI is InChI=1S/C14H21NO3S/c1-18-14(16)10-12-6-3-4-7-13(12)11-15-8-5-9-19(2)17/h3-4,6-7,15H,5,8-11H2,1-2H3. The molecule has 1 rings (SSSR count). The lowest BCUT2D eigenvalue weighted by atomic mass is 10.0. The first-order valence-corrected chi connectivity index (χ1v) is 8.00. The summed E-state index contributed by atoms with van der Waals surface area (Å²) in [5, 5.41) is 3.30. The normalized spacial score (nSPS) is 12.1. The Morgan fingerprint density at radius 1 is 1.32 bits per heavy atom. The lowest BCUT2D eigenvalue weighted by Gasteiger charge is -2.09. The van der Waals surface area contributed by atoms with E-state index in [2.05, 4.69) is 10.1 Å². The highest BCUT2D eigenvalue weighted by molar-refractivity contribution is 7.84. The summed E-state index contributed by atoms with van der Waals surface area (Å²) in [5.41, 5.74) is 2.09. The van der Waals surface area contributed by atoms with Crippen molar-refractivity contribution in [1.29, 1.82) is 0 Å². The molecule has 1 atom stereocenters. The van der Waals surface area contributed by atoms with E-state index < -0.39 is 10.8 Å². The molecule has 0 aromatic heterocycles. The third-order valence-corrected chi connectivity index (χ3v) is 3.65. The van der Waals surface area contributed by atoms with E-state index in [-0.39, 0.29) is 5.97 Å². The van der Waals surface area contributed by atoms with Crippen LogP contribution in [0.1, 0.15) is 17.5 Å². The molecule has 0 aliphatic heterocycles. The predicted molar refractivity (Wildman–Crippen MR) is 77.4 cm³/mol. The number of carbonyl (C=O) groups is 1. The zero-order chi connectivity index (χ0) is 14.1. The molecule has 0 saturated carbocycles. The van der Waals surface area contributed by atoms with Crippen molar-refractivity contribution in [2.75, 3.05) is 25.7 Å². The van der Waals surface area contributed by atoms with Crippen molar-refractivity contribution < 1.29 is 13.7 Å². The number of methoxy groups -OCH3 is 1. The van der Waals surface area contributed by atoms with E-state index in [0.717, 1.165) is 29.8 Å². The fraction of sp³-hybridized carbons (Fsp3) is 0.500. The number of hydrogen-bond donors (Lipinski definition) is 1. The van der Waals surface area contributed by atoms with Crippen LogP contribution in [0.3, 0.4) is 0 Å². The van der Waals surface area contributed by atoms with Crippen molar-refractivity contribution in [3.8, 4) is 0 Å². The summed E-state index contributed by atoms with van der Waals surface area (Å²) >= 11 is 0. The Hall–Kier alpha value is -1.20. The van der Waals surface area contributed by atoms with E-state index in [9.17, 15) is 9.00 Å². The molecule has 5 heteroatoms. The van der Waals surface area contributed by atoms with Crippen LogP contribution in [0.4, 0.5) is 0 Å². The molecule has 1 unspecified atom stereocenters. The summed E-state index contributed by atoms with van der Waals surface area (Å²) in [5.74, 6) is 0.491. The van der Waals surface area contributed by atoms with Gasteiger partial charge in [-0.2, -0.15) is 0 Å². The third kappa shape index (κ3) is 6.50. The van der Waals surface area contributed by atoms with Gasteiger partial charge in [-0.05, 0) is 24.1 Å². The molecule has 0 radical (unpaired) electrons. The van der Waals surface area contributed by atoms with Gasteiger partial charge in [-0.3, -0.25) is 9.00 Å². The van der Waals surface area contributed by atoms with E-state index in [1.165, 1.54) is 7.11 Å². The van der Waals surface area contributed by atoms with Crippen molar-refractivity contribution in [3.05, 3.63) is 35.4 Å². The van der Waals surface area contributed by atoms with Crippen LogP contribution in [0.15, 0.2) is 24.3 Å². The first-order chi connectivity index (χ1) is 9.13. The lowest BCUT2D eigenvalue weighted by molar-refractivity contribution is -0.139. The Balaban J connectivity index is 2.44. The van der Waals surface area contributed by atoms with Crippen molar-refractivity contribution >= 4 is 16.8 Å². The number of ether oxygens (including phenoxy) is 1. The monoisotopic (exact) mass is 283 g/mol. The van der Waals surface area contributed by atoms with Crippen LogP contribution in [0.2, 0.25) is 0 Å². The van der Waals surface area contributed by atoms with Gasteiger partial charge in [-0.25, -0.2) is 0 Å². The highest BCUT2D eigenvalue weighted by Crippen LogP contribution is 2.10. The van der Waals surface area contributed by atoms with Crippen LogP contribution in [-0.2, 0) is 33.3 Å². The van der Waals surface area contributed by atoms with E-state index in [4.69, 9.17) is 0 Å². The molecule has 1 aromatic carbocycles. The molecule has 0 aliphatic rings. The Morgan fingerprint density at radius 2 is 2.00 bits per heavy atom. The van der Waals surface area contributed by atoms with Gasteiger partial charge in [0, 0.05) is 29.4 Å². The van der Waals surface area contributed by atoms with Gasteiger partial charge in [0.15, 0.2) is 0 Å². The molecule has 0 amide bonds. The molecule has 0 bridgehead atoms. The lowest BCUT2D eigenvalue weighted by Crippen LogP contribution is -2.18. The van der Waals surface area contributed by atoms with Crippen LogP contribution in [-0.4, -0.2) is 35.8 Å². The first kappa shape index (κ1) is 15.9. The van der Waals surface area contributed by atoms with Crippen LogP contribution in [0, 0.1) is 0 Å². The van der Waals surface area contributed by atoms with Gasteiger partial charge in [0.05, 0.1) is 13.5 Å². The van der Waals surface area contributed by atoms with E-state index in [1.807, 2.05) is 24.3 Å². The van der Waals surface area contributed by atoms with Gasteiger partial charge < -0.3 is 10.1 Å². The number of rotatable bonds is 8. The van der Waals surface area contributed by atoms with Crippen LogP contribution >= 0.6 is 0 Å². The fourth-order valence-electron chi connectivity index (χ4n) is 1.75. The van der Waals surface area contributed by atoms with Crippen molar-refractivity contribution in [2.45, 2.75) is 19.4 Å². The van der Waals surface area contributed by atoms with Crippen molar-refractivity contribution in [1.82, 2.24) is 5.32 Å². The minimum absolute atomic E-state index is 0.228. The molecule has 1 aromatic rings. The molecule has 4 nitrogen and oxygen atoms in total. The quantitative estimate of drug-likeness (QED) is 0.576. The molecule has 106 valence electrons.